The number of aliphatic hydroxyl groups is 1. The largest absolute Gasteiger partial charge is 0.493 e. The zero-order valence-corrected chi connectivity index (χ0v) is 23.2. The van der Waals surface area contributed by atoms with Crippen molar-refractivity contribution in [2.75, 3.05) is 32.6 Å². The molecule has 0 saturated heterocycles. The van der Waals surface area contributed by atoms with Gasteiger partial charge >= 0.3 is 6.18 Å². The summed E-state index contributed by atoms with van der Waals surface area (Å²) in [6, 6.07) is 11.9. The second-order valence-corrected chi connectivity index (χ2v) is 11.6. The minimum atomic E-state index is -4.60. The summed E-state index contributed by atoms with van der Waals surface area (Å²) in [7, 11) is -3.79. The Kier molecular flexibility index (Phi) is 10.9. The molecule has 0 aromatic heterocycles. The molecule has 0 aliphatic heterocycles. The van der Waals surface area contributed by atoms with E-state index in [1.54, 1.807) is 12.1 Å². The van der Waals surface area contributed by atoms with Crippen molar-refractivity contribution in [3.63, 3.8) is 0 Å². The van der Waals surface area contributed by atoms with Gasteiger partial charge in [-0.2, -0.15) is 13.2 Å². The molecule has 0 saturated carbocycles. The zero-order valence-electron chi connectivity index (χ0n) is 21.6. The summed E-state index contributed by atoms with van der Waals surface area (Å²) >= 11 is 6.10. The van der Waals surface area contributed by atoms with Crippen molar-refractivity contribution < 1.29 is 40.2 Å². The molecule has 0 heterocycles. The Hall–Kier alpha value is -2.73. The van der Waals surface area contributed by atoms with Gasteiger partial charge in [-0.05, 0) is 54.7 Å². The quantitative estimate of drug-likeness (QED) is 0.189. The highest BCUT2D eigenvalue weighted by Crippen LogP contribution is 2.36. The second-order valence-electron chi connectivity index (χ2n) is 9.26. The van der Waals surface area contributed by atoms with Crippen LogP contribution >= 0.6 is 11.6 Å². The van der Waals surface area contributed by atoms with Crippen LogP contribution in [0.25, 0.3) is 0 Å². The molecule has 218 valence electrons. The summed E-state index contributed by atoms with van der Waals surface area (Å²) in [4.78, 5) is 1.61. The van der Waals surface area contributed by atoms with Gasteiger partial charge in [-0.25, -0.2) is 17.2 Å². The number of hydrogen-bond donors (Lipinski definition) is 1. The predicted octanol–water partition coefficient (Wildman–Crippen LogP) is 6.09. The lowest BCUT2D eigenvalue weighted by molar-refractivity contribution is -0.137. The third-order valence-corrected chi connectivity index (χ3v) is 7.79. The van der Waals surface area contributed by atoms with Crippen LogP contribution in [-0.4, -0.2) is 51.0 Å². The van der Waals surface area contributed by atoms with Crippen molar-refractivity contribution >= 4 is 21.4 Å². The second kappa shape index (κ2) is 13.8. The van der Waals surface area contributed by atoms with Crippen molar-refractivity contribution in [3.8, 4) is 5.75 Å². The molecule has 1 N–H and O–H groups in total. The number of sulfone groups is 1. The van der Waals surface area contributed by atoms with Gasteiger partial charge in [-0.1, -0.05) is 35.9 Å². The number of halogens is 6. The first-order valence-electron chi connectivity index (χ1n) is 12.4. The number of benzene rings is 3. The Morgan fingerprint density at radius 1 is 1.00 bits per heavy atom. The summed E-state index contributed by atoms with van der Waals surface area (Å²) in [5.74, 6) is -1.20. The number of hydrogen-bond acceptors (Lipinski definition) is 5. The van der Waals surface area contributed by atoms with Crippen LogP contribution in [0, 0.1) is 11.6 Å². The fraction of sp³-hybridized carbons (Fsp3) is 0.357. The van der Waals surface area contributed by atoms with Gasteiger partial charge in [0.2, 0.25) is 0 Å². The Bertz CT molecular complexity index is 1400. The topological polar surface area (TPSA) is 66.8 Å². The molecule has 0 fully saturated rings. The highest BCUT2D eigenvalue weighted by Gasteiger charge is 2.34. The maximum atomic E-state index is 14.6. The maximum absolute atomic E-state index is 14.6. The lowest BCUT2D eigenvalue weighted by atomic mass is 10.1. The van der Waals surface area contributed by atoms with E-state index in [2.05, 4.69) is 0 Å². The van der Waals surface area contributed by atoms with Gasteiger partial charge in [-0.3, -0.25) is 4.90 Å². The molecule has 0 aliphatic carbocycles. The van der Waals surface area contributed by atoms with E-state index >= 15 is 0 Å². The molecule has 0 atom stereocenters. The first-order valence-corrected chi connectivity index (χ1v) is 14.6. The molecule has 3 aromatic rings. The molecule has 0 amide bonds. The lowest BCUT2D eigenvalue weighted by Gasteiger charge is -2.24. The van der Waals surface area contributed by atoms with E-state index in [1.165, 1.54) is 30.3 Å². The number of ether oxygens (including phenoxy) is 1. The van der Waals surface area contributed by atoms with Crippen LogP contribution in [0.5, 0.6) is 5.75 Å². The average Bonchev–Trinajstić information content (AvgIpc) is 2.87. The normalized spacial score (nSPS) is 12.2. The van der Waals surface area contributed by atoms with Crippen molar-refractivity contribution in [2.24, 2.45) is 0 Å². The van der Waals surface area contributed by atoms with Crippen LogP contribution in [-0.2, 0) is 35.4 Å². The van der Waals surface area contributed by atoms with Crippen LogP contribution in [0.3, 0.4) is 0 Å². The van der Waals surface area contributed by atoms with Gasteiger partial charge in [0.25, 0.3) is 0 Å². The summed E-state index contributed by atoms with van der Waals surface area (Å²) in [5.41, 5.74) is 0.0736. The SMILES string of the molecule is CS(=O)(=O)c1cc(OCCCN(CCc2ccc(F)cc2)Cc2cccc(C(F)(F)F)c2Cl)cc(F)c1CCO. The number of nitrogens with zero attached hydrogens (tertiary/aromatic N) is 1. The molecule has 12 heteroatoms. The van der Waals surface area contributed by atoms with E-state index < -0.39 is 34.0 Å². The smallest absolute Gasteiger partial charge is 0.417 e. The minimum Gasteiger partial charge on any atom is -0.493 e. The van der Waals surface area contributed by atoms with Crippen molar-refractivity contribution in [3.05, 3.63) is 93.5 Å². The number of alkyl halides is 3. The molecule has 40 heavy (non-hydrogen) atoms. The molecule has 0 radical (unpaired) electrons. The molecule has 0 unspecified atom stereocenters. The molecular weight excluding hydrogens is 577 g/mol. The van der Waals surface area contributed by atoms with E-state index in [0.29, 0.717) is 25.9 Å². The molecule has 3 aromatic carbocycles. The third-order valence-electron chi connectivity index (χ3n) is 6.18. The van der Waals surface area contributed by atoms with Crippen LogP contribution in [0.4, 0.5) is 22.0 Å². The van der Waals surface area contributed by atoms with Crippen LogP contribution < -0.4 is 4.74 Å². The Morgan fingerprint density at radius 2 is 1.70 bits per heavy atom. The van der Waals surface area contributed by atoms with Crippen molar-refractivity contribution in [1.82, 2.24) is 4.90 Å². The van der Waals surface area contributed by atoms with Crippen molar-refractivity contribution in [1.29, 1.82) is 0 Å². The lowest BCUT2D eigenvalue weighted by Crippen LogP contribution is -2.28. The van der Waals surface area contributed by atoms with Gasteiger partial charge in [0.1, 0.15) is 17.4 Å². The molecule has 0 aliphatic rings. The molecule has 5 nitrogen and oxygen atoms in total. The third kappa shape index (κ3) is 8.89. The van der Waals surface area contributed by atoms with Gasteiger partial charge in [0.15, 0.2) is 9.84 Å². The summed E-state index contributed by atoms with van der Waals surface area (Å²) in [6.45, 7) is 0.514. The van der Waals surface area contributed by atoms with Crippen molar-refractivity contribution in [2.45, 2.75) is 36.9 Å². The fourth-order valence-electron chi connectivity index (χ4n) is 4.20. The van der Waals surface area contributed by atoms with E-state index in [1.807, 2.05) is 4.90 Å². The first-order chi connectivity index (χ1) is 18.8. The molecule has 0 bridgehead atoms. The van der Waals surface area contributed by atoms with E-state index in [9.17, 15) is 30.4 Å². The zero-order chi connectivity index (χ0) is 29.5. The molecule has 0 spiro atoms. The number of rotatable bonds is 13. The molecular formula is C28H29ClF5NO4S. The summed E-state index contributed by atoms with van der Waals surface area (Å²) in [5, 5.41) is 8.77. The van der Waals surface area contributed by atoms with Crippen LogP contribution in [0.1, 0.15) is 28.7 Å². The van der Waals surface area contributed by atoms with Crippen LogP contribution in [0.15, 0.2) is 59.5 Å². The Labute approximate surface area is 235 Å². The summed E-state index contributed by atoms with van der Waals surface area (Å²) < 4.78 is 97.8. The fourth-order valence-corrected chi connectivity index (χ4v) is 5.47. The maximum Gasteiger partial charge on any atom is 0.417 e. The minimum absolute atomic E-state index is 0.00148. The number of aliphatic hydroxyl groups excluding tert-OH is 1. The highest BCUT2D eigenvalue weighted by molar-refractivity contribution is 7.90. The Morgan fingerprint density at radius 3 is 2.33 bits per heavy atom. The average molecular weight is 606 g/mol. The monoisotopic (exact) mass is 605 g/mol. The van der Waals surface area contributed by atoms with Gasteiger partial charge in [0, 0.05) is 44.1 Å². The van der Waals surface area contributed by atoms with E-state index in [4.69, 9.17) is 21.4 Å². The standard InChI is InChI=1S/C28H29ClF5NO4S/c1-40(37,38)26-17-22(16-25(31)23(26)11-14-36)39-15-3-12-35(13-10-19-6-8-21(30)9-7-19)18-20-4-2-5-24(27(20)29)28(32,33)34/h2,4-9,16-17,36H,3,10-15,18H2,1H3. The van der Waals surface area contributed by atoms with Gasteiger partial charge in [-0.15, -0.1) is 0 Å². The predicted molar refractivity (Wildman–Crippen MR) is 142 cm³/mol. The Balaban J connectivity index is 1.72. The summed E-state index contributed by atoms with van der Waals surface area (Å²) in [6.07, 6.45) is -2.98. The van der Waals surface area contributed by atoms with Gasteiger partial charge < -0.3 is 9.84 Å². The van der Waals surface area contributed by atoms with E-state index in [0.717, 1.165) is 24.0 Å². The highest BCUT2D eigenvalue weighted by atomic mass is 35.5. The van der Waals surface area contributed by atoms with Gasteiger partial charge in [0.05, 0.1) is 22.1 Å². The van der Waals surface area contributed by atoms with Crippen LogP contribution in [0.2, 0.25) is 5.02 Å². The first kappa shape index (κ1) is 31.8. The van der Waals surface area contributed by atoms with E-state index in [-0.39, 0.29) is 52.2 Å². The molecule has 3 rings (SSSR count).